The molecule has 0 heterocycles. The number of non-ortho nitro benzene ring substituents is 1. The summed E-state index contributed by atoms with van der Waals surface area (Å²) in [7, 11) is 1.51. The molecule has 0 saturated carbocycles. The summed E-state index contributed by atoms with van der Waals surface area (Å²) in [6.07, 6.45) is 0. The molecule has 0 bridgehead atoms. The van der Waals surface area contributed by atoms with Gasteiger partial charge in [0.25, 0.3) is 5.69 Å². The number of nitro groups is 1. The van der Waals surface area contributed by atoms with E-state index >= 15 is 0 Å². The van der Waals surface area contributed by atoms with E-state index in [4.69, 9.17) is 9.47 Å². The summed E-state index contributed by atoms with van der Waals surface area (Å²) in [5, 5.41) is 10.8. The Morgan fingerprint density at radius 3 is 2.53 bits per heavy atom. The van der Waals surface area contributed by atoms with E-state index in [2.05, 4.69) is 26.5 Å². The fraction of sp³-hybridized carbons (Fsp3) is 0.538. The van der Waals surface area contributed by atoms with Crippen LogP contribution < -0.4 is 9.47 Å². The highest BCUT2D eigenvalue weighted by atomic mass is 32.1. The molecule has 0 spiro atoms. The molecule has 0 fully saturated rings. The van der Waals surface area contributed by atoms with Crippen LogP contribution in [-0.2, 0) is 0 Å². The van der Waals surface area contributed by atoms with Crippen LogP contribution in [0.15, 0.2) is 18.2 Å². The van der Waals surface area contributed by atoms with Gasteiger partial charge in [0, 0.05) is 12.0 Å². The van der Waals surface area contributed by atoms with Crippen molar-refractivity contribution >= 4 is 18.3 Å². The molecule has 6 heteroatoms. The van der Waals surface area contributed by atoms with Crippen LogP contribution in [0.3, 0.4) is 0 Å². The summed E-state index contributed by atoms with van der Waals surface area (Å²) >= 11 is 4.28. The smallest absolute Gasteiger partial charge is 0.273 e. The molecular weight excluding hydrogens is 266 g/mol. The van der Waals surface area contributed by atoms with Crippen molar-refractivity contribution in [2.45, 2.75) is 13.8 Å². The fourth-order valence-corrected chi connectivity index (χ4v) is 2.07. The van der Waals surface area contributed by atoms with Gasteiger partial charge in [0.2, 0.25) is 0 Å². The zero-order valence-electron chi connectivity index (χ0n) is 11.3. The first kappa shape index (κ1) is 15.6. The first-order valence-corrected chi connectivity index (χ1v) is 6.69. The Morgan fingerprint density at radius 2 is 2.05 bits per heavy atom. The van der Waals surface area contributed by atoms with E-state index in [1.165, 1.54) is 19.2 Å². The van der Waals surface area contributed by atoms with E-state index in [1.54, 1.807) is 6.07 Å². The third kappa shape index (κ3) is 4.31. The van der Waals surface area contributed by atoms with Crippen LogP contribution in [0.5, 0.6) is 11.5 Å². The van der Waals surface area contributed by atoms with Gasteiger partial charge in [0.15, 0.2) is 11.5 Å². The number of hydrogen-bond donors (Lipinski definition) is 1. The molecule has 1 rings (SSSR count). The zero-order chi connectivity index (χ0) is 14.4. The number of benzene rings is 1. The number of hydrogen-bond acceptors (Lipinski definition) is 5. The molecule has 19 heavy (non-hydrogen) atoms. The van der Waals surface area contributed by atoms with Crippen molar-refractivity contribution in [3.63, 3.8) is 0 Å². The van der Waals surface area contributed by atoms with E-state index in [1.807, 2.05) is 0 Å². The highest BCUT2D eigenvalue weighted by Crippen LogP contribution is 2.31. The highest BCUT2D eigenvalue weighted by Gasteiger charge is 2.16. The third-order valence-electron chi connectivity index (χ3n) is 2.99. The molecule has 0 aliphatic heterocycles. The van der Waals surface area contributed by atoms with Gasteiger partial charge in [-0.3, -0.25) is 10.1 Å². The largest absolute Gasteiger partial charge is 0.493 e. The molecule has 1 atom stereocenters. The molecule has 0 amide bonds. The second kappa shape index (κ2) is 7.23. The van der Waals surface area contributed by atoms with Crippen molar-refractivity contribution in [2.75, 3.05) is 19.5 Å². The average Bonchev–Trinajstić information content (AvgIpc) is 2.38. The first-order valence-electron chi connectivity index (χ1n) is 6.05. The first-order chi connectivity index (χ1) is 8.99. The minimum Gasteiger partial charge on any atom is -0.493 e. The molecule has 0 aromatic heterocycles. The van der Waals surface area contributed by atoms with Crippen molar-refractivity contribution in [1.82, 2.24) is 0 Å². The topological polar surface area (TPSA) is 61.6 Å². The standard InChI is InChI=1S/C13H19NO4S/c1-9(2)10(8-19)7-18-13-6-11(14(15)16)4-5-12(13)17-3/h4-6,9-10,19H,7-8H2,1-3H3. The van der Waals surface area contributed by atoms with Gasteiger partial charge in [-0.1, -0.05) is 13.8 Å². The number of methoxy groups -OCH3 is 1. The Hall–Kier alpha value is -1.43. The molecule has 0 aliphatic rings. The van der Waals surface area contributed by atoms with Crippen LogP contribution >= 0.6 is 12.6 Å². The van der Waals surface area contributed by atoms with Gasteiger partial charge in [-0.05, 0) is 17.7 Å². The summed E-state index contributed by atoms with van der Waals surface area (Å²) in [4.78, 5) is 10.3. The molecule has 1 unspecified atom stereocenters. The van der Waals surface area contributed by atoms with Gasteiger partial charge < -0.3 is 9.47 Å². The minimum absolute atomic E-state index is 0.0113. The summed E-state index contributed by atoms with van der Waals surface area (Å²) in [6, 6.07) is 4.32. The van der Waals surface area contributed by atoms with Gasteiger partial charge in [0.05, 0.1) is 24.7 Å². The van der Waals surface area contributed by atoms with E-state index in [9.17, 15) is 10.1 Å². The average molecular weight is 285 g/mol. The maximum Gasteiger partial charge on any atom is 0.273 e. The number of thiol groups is 1. The van der Waals surface area contributed by atoms with Crippen molar-refractivity contribution in [3.8, 4) is 11.5 Å². The van der Waals surface area contributed by atoms with Crippen LogP contribution in [0, 0.1) is 22.0 Å². The molecule has 1 aromatic carbocycles. The normalized spacial score (nSPS) is 12.3. The molecule has 0 saturated heterocycles. The van der Waals surface area contributed by atoms with Gasteiger partial charge >= 0.3 is 0 Å². The van der Waals surface area contributed by atoms with Crippen molar-refractivity contribution in [3.05, 3.63) is 28.3 Å². The van der Waals surface area contributed by atoms with Crippen molar-refractivity contribution in [1.29, 1.82) is 0 Å². The van der Waals surface area contributed by atoms with Gasteiger partial charge in [-0.25, -0.2) is 0 Å². The Morgan fingerprint density at radius 1 is 1.37 bits per heavy atom. The Balaban J connectivity index is 2.85. The van der Waals surface area contributed by atoms with Crippen molar-refractivity contribution in [2.24, 2.45) is 11.8 Å². The summed E-state index contributed by atoms with van der Waals surface area (Å²) < 4.78 is 10.8. The summed E-state index contributed by atoms with van der Waals surface area (Å²) in [5.41, 5.74) is -0.0113. The Labute approximate surface area is 118 Å². The van der Waals surface area contributed by atoms with Crippen molar-refractivity contribution < 1.29 is 14.4 Å². The number of rotatable bonds is 7. The lowest BCUT2D eigenvalue weighted by atomic mass is 9.99. The lowest BCUT2D eigenvalue weighted by molar-refractivity contribution is -0.385. The Kier molecular flexibility index (Phi) is 5.95. The Bertz CT molecular complexity index is 437. The number of ether oxygens (including phenoxy) is 2. The molecule has 5 nitrogen and oxygen atoms in total. The van der Waals surface area contributed by atoms with Crippen LogP contribution in [0.1, 0.15) is 13.8 Å². The SMILES string of the molecule is COc1ccc([N+](=O)[O-])cc1OCC(CS)C(C)C. The predicted molar refractivity (Wildman–Crippen MR) is 77.3 cm³/mol. The summed E-state index contributed by atoms with van der Waals surface area (Å²) in [6.45, 7) is 4.64. The predicted octanol–water partition coefficient (Wildman–Crippen LogP) is 3.18. The molecule has 0 N–H and O–H groups in total. The number of nitro benzene ring substituents is 1. The van der Waals surface area contributed by atoms with Gasteiger partial charge in [-0.15, -0.1) is 0 Å². The molecule has 0 radical (unpaired) electrons. The minimum atomic E-state index is -0.454. The third-order valence-corrected chi connectivity index (χ3v) is 3.46. The van der Waals surface area contributed by atoms with Crippen LogP contribution in [0.25, 0.3) is 0 Å². The van der Waals surface area contributed by atoms with E-state index in [0.29, 0.717) is 29.8 Å². The highest BCUT2D eigenvalue weighted by molar-refractivity contribution is 7.80. The van der Waals surface area contributed by atoms with Gasteiger partial charge in [-0.2, -0.15) is 12.6 Å². The van der Waals surface area contributed by atoms with E-state index in [0.717, 1.165) is 0 Å². The van der Waals surface area contributed by atoms with Crippen LogP contribution in [-0.4, -0.2) is 24.4 Å². The molecule has 0 aliphatic carbocycles. The molecule has 106 valence electrons. The second-order valence-electron chi connectivity index (χ2n) is 4.59. The maximum absolute atomic E-state index is 10.8. The maximum atomic E-state index is 10.8. The van der Waals surface area contributed by atoms with Gasteiger partial charge in [0.1, 0.15) is 0 Å². The molecule has 1 aromatic rings. The lowest BCUT2D eigenvalue weighted by Crippen LogP contribution is -2.19. The number of nitrogens with zero attached hydrogens (tertiary/aromatic N) is 1. The second-order valence-corrected chi connectivity index (χ2v) is 4.96. The van der Waals surface area contributed by atoms with Crippen LogP contribution in [0.2, 0.25) is 0 Å². The quantitative estimate of drug-likeness (QED) is 0.475. The molecular formula is C13H19NO4S. The van der Waals surface area contributed by atoms with E-state index < -0.39 is 4.92 Å². The summed E-state index contributed by atoms with van der Waals surface area (Å²) in [5.74, 6) is 2.31. The monoisotopic (exact) mass is 285 g/mol. The fourth-order valence-electron chi connectivity index (χ4n) is 1.54. The van der Waals surface area contributed by atoms with Crippen LogP contribution in [0.4, 0.5) is 5.69 Å². The zero-order valence-corrected chi connectivity index (χ0v) is 12.2. The lowest BCUT2D eigenvalue weighted by Gasteiger charge is -2.19. The van der Waals surface area contributed by atoms with E-state index in [-0.39, 0.29) is 11.6 Å².